The second-order valence-electron chi connectivity index (χ2n) is 5.26. The maximum atomic E-state index is 12.9. The van der Waals surface area contributed by atoms with Crippen LogP contribution in [0.3, 0.4) is 0 Å². The van der Waals surface area contributed by atoms with Crippen molar-refractivity contribution in [3.8, 4) is 11.6 Å². The lowest BCUT2D eigenvalue weighted by molar-refractivity contribution is -0.705. The van der Waals surface area contributed by atoms with Gasteiger partial charge in [-0.25, -0.2) is 4.39 Å². The van der Waals surface area contributed by atoms with E-state index in [0.717, 1.165) is 17.3 Å². The zero-order chi connectivity index (χ0) is 17.8. The van der Waals surface area contributed by atoms with Gasteiger partial charge in [-0.1, -0.05) is 17.7 Å². The highest BCUT2D eigenvalue weighted by molar-refractivity contribution is 7.99. The van der Waals surface area contributed by atoms with E-state index < -0.39 is 5.95 Å². The van der Waals surface area contributed by atoms with Gasteiger partial charge in [-0.2, -0.15) is 0 Å². The van der Waals surface area contributed by atoms with Gasteiger partial charge in [0.25, 0.3) is 5.03 Å². The van der Waals surface area contributed by atoms with Gasteiger partial charge >= 0.3 is 0 Å². The molecule has 1 aromatic heterocycles. The molecule has 1 N–H and O–H groups in total. The SMILES string of the molecule is Cc1ccc(-[n+]2noc([O-])c2SCC(=O)Nc2ccc(F)cc2)cc1. The first-order chi connectivity index (χ1) is 12.0. The monoisotopic (exact) mass is 359 g/mol. The first-order valence-corrected chi connectivity index (χ1v) is 8.36. The van der Waals surface area contributed by atoms with Gasteiger partial charge < -0.3 is 14.9 Å². The number of hydrogen-bond acceptors (Lipinski definition) is 5. The smallest absolute Gasteiger partial charge is 0.298 e. The Hall–Kier alpha value is -2.87. The van der Waals surface area contributed by atoms with Crippen LogP contribution in [0.4, 0.5) is 10.1 Å². The normalized spacial score (nSPS) is 10.6. The molecular weight excluding hydrogens is 345 g/mol. The predicted molar refractivity (Wildman–Crippen MR) is 88.0 cm³/mol. The van der Waals surface area contributed by atoms with Gasteiger partial charge in [-0.05, 0) is 47.6 Å². The molecule has 1 amide bonds. The molecule has 0 unspecified atom stereocenters. The summed E-state index contributed by atoms with van der Waals surface area (Å²) in [5, 5.41) is 18.4. The summed E-state index contributed by atoms with van der Waals surface area (Å²) in [5.74, 6) is -1.33. The Bertz CT molecular complexity index is 879. The van der Waals surface area contributed by atoms with Crippen molar-refractivity contribution in [3.05, 3.63) is 59.9 Å². The zero-order valence-corrected chi connectivity index (χ0v) is 14.0. The molecule has 2 aromatic carbocycles. The lowest BCUT2D eigenvalue weighted by atomic mass is 10.2. The molecule has 25 heavy (non-hydrogen) atoms. The molecule has 3 rings (SSSR count). The average molecular weight is 359 g/mol. The van der Waals surface area contributed by atoms with Gasteiger partial charge in [0.15, 0.2) is 5.95 Å². The molecule has 3 aromatic rings. The molecule has 0 aliphatic carbocycles. The van der Waals surface area contributed by atoms with Crippen LogP contribution in [0.5, 0.6) is 5.95 Å². The molecule has 0 fully saturated rings. The quantitative estimate of drug-likeness (QED) is 0.558. The summed E-state index contributed by atoms with van der Waals surface area (Å²) in [6.45, 7) is 1.95. The summed E-state index contributed by atoms with van der Waals surface area (Å²) < 4.78 is 18.9. The van der Waals surface area contributed by atoms with E-state index in [1.165, 1.54) is 28.9 Å². The number of nitrogens with zero attached hydrogens (tertiary/aromatic N) is 2. The Morgan fingerprint density at radius 1 is 1.24 bits per heavy atom. The van der Waals surface area contributed by atoms with E-state index in [1.54, 1.807) is 12.1 Å². The number of thioether (sulfide) groups is 1. The van der Waals surface area contributed by atoms with Crippen LogP contribution in [0.1, 0.15) is 5.56 Å². The second kappa shape index (κ2) is 7.35. The number of nitrogens with one attached hydrogen (secondary N) is 1. The third-order valence-corrected chi connectivity index (χ3v) is 4.34. The van der Waals surface area contributed by atoms with E-state index in [2.05, 4.69) is 10.6 Å². The van der Waals surface area contributed by atoms with Crippen molar-refractivity contribution in [2.24, 2.45) is 0 Å². The molecule has 0 atom stereocenters. The van der Waals surface area contributed by atoms with E-state index in [1.807, 2.05) is 19.1 Å². The molecule has 6 nitrogen and oxygen atoms in total. The highest BCUT2D eigenvalue weighted by atomic mass is 32.2. The molecule has 0 aliphatic rings. The van der Waals surface area contributed by atoms with Crippen LogP contribution in [0.15, 0.2) is 58.1 Å². The number of carbonyl (C=O) groups is 1. The van der Waals surface area contributed by atoms with Crippen molar-refractivity contribution < 1.29 is 23.5 Å². The van der Waals surface area contributed by atoms with Crippen LogP contribution < -0.4 is 15.1 Å². The fourth-order valence-corrected chi connectivity index (χ4v) is 2.83. The molecular formula is C17H14FN3O3S. The highest BCUT2D eigenvalue weighted by Gasteiger charge is 2.22. The minimum atomic E-state index is -0.611. The topological polar surface area (TPSA) is 82.1 Å². The second-order valence-corrected chi connectivity index (χ2v) is 6.22. The number of anilines is 1. The number of aromatic nitrogens is 2. The summed E-state index contributed by atoms with van der Waals surface area (Å²) in [4.78, 5) is 12.0. The van der Waals surface area contributed by atoms with Crippen LogP contribution in [0.2, 0.25) is 0 Å². The van der Waals surface area contributed by atoms with Crippen molar-refractivity contribution in [3.63, 3.8) is 0 Å². The summed E-state index contributed by atoms with van der Waals surface area (Å²) in [6.07, 6.45) is 0. The first kappa shape index (κ1) is 17.0. The van der Waals surface area contributed by atoms with Gasteiger partial charge in [0, 0.05) is 17.8 Å². The minimum absolute atomic E-state index is 0.0142. The third-order valence-electron chi connectivity index (χ3n) is 3.32. The molecule has 0 spiro atoms. The molecule has 1 heterocycles. The Morgan fingerprint density at radius 3 is 2.60 bits per heavy atom. The third kappa shape index (κ3) is 4.16. The molecule has 0 bridgehead atoms. The Labute approximate surface area is 147 Å². The number of halogens is 1. The molecule has 128 valence electrons. The molecule has 0 saturated heterocycles. The van der Waals surface area contributed by atoms with Gasteiger partial charge in [0.2, 0.25) is 11.6 Å². The fourth-order valence-electron chi connectivity index (χ4n) is 2.08. The molecule has 8 heteroatoms. The predicted octanol–water partition coefficient (Wildman–Crippen LogP) is 2.20. The van der Waals surface area contributed by atoms with Gasteiger partial charge in [0.05, 0.1) is 11.0 Å². The molecule has 0 radical (unpaired) electrons. The lowest BCUT2D eigenvalue weighted by Gasteiger charge is -2.04. The summed E-state index contributed by atoms with van der Waals surface area (Å²) in [5.41, 5.74) is 2.21. The standard InChI is InChI=1S/C17H14FN3O3S/c1-11-2-8-14(9-3-11)21-16(17(23)24-20-21)25-10-15(22)19-13-6-4-12(18)5-7-13/h2-9H,10H2,1H3,(H-,19,20,22,23). The number of benzene rings is 2. The first-order valence-electron chi connectivity index (χ1n) is 7.37. The van der Waals surface area contributed by atoms with E-state index >= 15 is 0 Å². The van der Waals surface area contributed by atoms with E-state index in [0.29, 0.717) is 11.4 Å². The summed E-state index contributed by atoms with van der Waals surface area (Å²) in [7, 11) is 0. The van der Waals surface area contributed by atoms with E-state index in [4.69, 9.17) is 4.52 Å². The lowest BCUT2D eigenvalue weighted by Crippen LogP contribution is -2.35. The van der Waals surface area contributed by atoms with Crippen LogP contribution in [0, 0.1) is 12.7 Å². The Kier molecular flexibility index (Phi) is 4.99. The van der Waals surface area contributed by atoms with Crippen molar-refractivity contribution >= 4 is 23.4 Å². The number of carbonyl (C=O) groups excluding carboxylic acids is 1. The zero-order valence-electron chi connectivity index (χ0n) is 13.2. The average Bonchev–Trinajstić information content (AvgIpc) is 2.96. The van der Waals surface area contributed by atoms with E-state index in [9.17, 15) is 14.3 Å². The van der Waals surface area contributed by atoms with Crippen molar-refractivity contribution in [2.75, 3.05) is 11.1 Å². The number of hydrogen-bond donors (Lipinski definition) is 1. The van der Waals surface area contributed by atoms with Gasteiger partial charge in [0.1, 0.15) is 5.82 Å². The fraction of sp³-hybridized carbons (Fsp3) is 0.118. The van der Waals surface area contributed by atoms with Gasteiger partial charge in [-0.3, -0.25) is 4.79 Å². The number of rotatable bonds is 5. The molecule has 0 saturated carbocycles. The summed E-state index contributed by atoms with van der Waals surface area (Å²) >= 11 is 1.02. The largest absolute Gasteiger partial charge is 0.538 e. The van der Waals surface area contributed by atoms with E-state index in [-0.39, 0.29) is 22.5 Å². The van der Waals surface area contributed by atoms with Crippen LogP contribution in [-0.4, -0.2) is 16.9 Å². The van der Waals surface area contributed by atoms with Crippen LogP contribution >= 0.6 is 11.8 Å². The van der Waals surface area contributed by atoms with Crippen molar-refractivity contribution in [1.29, 1.82) is 0 Å². The highest BCUT2D eigenvalue weighted by Crippen LogP contribution is 2.23. The Balaban J connectivity index is 1.68. The van der Waals surface area contributed by atoms with Crippen molar-refractivity contribution in [1.82, 2.24) is 5.27 Å². The minimum Gasteiger partial charge on any atom is -0.538 e. The molecule has 0 aliphatic heterocycles. The summed E-state index contributed by atoms with van der Waals surface area (Å²) in [6, 6.07) is 12.8. The van der Waals surface area contributed by atoms with Crippen LogP contribution in [0.25, 0.3) is 5.69 Å². The van der Waals surface area contributed by atoms with Gasteiger partial charge in [-0.15, -0.1) is 0 Å². The van der Waals surface area contributed by atoms with Crippen LogP contribution in [-0.2, 0) is 4.79 Å². The van der Waals surface area contributed by atoms with Crippen molar-refractivity contribution in [2.45, 2.75) is 11.9 Å². The maximum Gasteiger partial charge on any atom is 0.298 e. The number of aryl methyl sites for hydroxylation is 1. The Morgan fingerprint density at radius 2 is 1.92 bits per heavy atom. The maximum absolute atomic E-state index is 12.9. The number of amides is 1.